The van der Waals surface area contributed by atoms with Crippen molar-refractivity contribution in [3.8, 4) is 0 Å². The predicted octanol–water partition coefficient (Wildman–Crippen LogP) is 5.95. The van der Waals surface area contributed by atoms with Gasteiger partial charge in [-0.3, -0.25) is 4.79 Å². The Bertz CT molecular complexity index is 1190. The number of hydrogen-bond donors (Lipinski definition) is 2. The van der Waals surface area contributed by atoms with E-state index in [4.69, 9.17) is 11.6 Å². The summed E-state index contributed by atoms with van der Waals surface area (Å²) in [6.45, 7) is 1.89. The number of carbonyl (C=O) groups is 2. The Labute approximate surface area is 186 Å². The van der Waals surface area contributed by atoms with Gasteiger partial charge >= 0.3 is 12.1 Å². The van der Waals surface area contributed by atoms with Crippen molar-refractivity contribution < 1.29 is 32.3 Å². The highest BCUT2D eigenvalue weighted by Gasteiger charge is 2.42. The summed E-state index contributed by atoms with van der Waals surface area (Å²) in [5, 5.41) is 11.4. The van der Waals surface area contributed by atoms with Crippen molar-refractivity contribution in [2.24, 2.45) is 0 Å². The van der Waals surface area contributed by atoms with E-state index in [1.165, 1.54) is 22.8 Å². The molecule has 0 saturated carbocycles. The van der Waals surface area contributed by atoms with Crippen molar-refractivity contribution in [1.29, 1.82) is 0 Å². The Morgan fingerprint density at radius 3 is 2.45 bits per heavy atom. The van der Waals surface area contributed by atoms with Gasteiger partial charge in [0.2, 0.25) is 0 Å². The molecule has 0 aliphatic heterocycles. The van der Waals surface area contributed by atoms with Crippen molar-refractivity contribution in [1.82, 2.24) is 9.88 Å². The Morgan fingerprint density at radius 1 is 1.23 bits per heavy atom. The van der Waals surface area contributed by atoms with E-state index in [1.54, 1.807) is 6.92 Å². The standard InChI is InChI=1S/C20H14BrClF4N2O3/c1-2-28-15-8-13(22)11(19(30)31)5-10(15)7-16(28)18(29)27-17(20(24,25)26)9-3-4-14(23)12(21)6-9/h3-8,17H,2H2,1H3,(H,27,29)(H,30,31). The van der Waals surface area contributed by atoms with Gasteiger partial charge in [-0.1, -0.05) is 17.7 Å². The SMILES string of the molecule is CCn1c(C(=O)NC(c2ccc(F)c(Br)c2)C(F)(F)F)cc2cc(C(=O)O)c(Cl)cc21. The van der Waals surface area contributed by atoms with E-state index in [-0.39, 0.29) is 32.9 Å². The third-order valence-corrected chi connectivity index (χ3v) is 5.57. The van der Waals surface area contributed by atoms with Crippen molar-refractivity contribution in [2.75, 3.05) is 0 Å². The number of fused-ring (bicyclic) bond motifs is 1. The molecule has 0 bridgehead atoms. The molecule has 31 heavy (non-hydrogen) atoms. The van der Waals surface area contributed by atoms with Crippen LogP contribution in [0.15, 0.2) is 40.9 Å². The molecule has 1 aromatic heterocycles. The number of rotatable bonds is 5. The first-order valence-electron chi connectivity index (χ1n) is 8.82. The van der Waals surface area contributed by atoms with E-state index in [1.807, 2.05) is 5.32 Å². The number of aromatic nitrogens is 1. The van der Waals surface area contributed by atoms with E-state index >= 15 is 0 Å². The first-order valence-corrected chi connectivity index (χ1v) is 9.99. The van der Waals surface area contributed by atoms with Crippen LogP contribution in [0, 0.1) is 5.82 Å². The minimum atomic E-state index is -4.85. The second-order valence-electron chi connectivity index (χ2n) is 6.59. The highest BCUT2D eigenvalue weighted by atomic mass is 79.9. The number of benzene rings is 2. The fourth-order valence-corrected chi connectivity index (χ4v) is 3.86. The van der Waals surface area contributed by atoms with E-state index in [2.05, 4.69) is 15.9 Å². The Morgan fingerprint density at radius 2 is 1.90 bits per heavy atom. The quantitative estimate of drug-likeness (QED) is 0.408. The van der Waals surface area contributed by atoms with Crippen LogP contribution in [0.1, 0.15) is 39.4 Å². The van der Waals surface area contributed by atoms with Gasteiger partial charge in [-0.25, -0.2) is 9.18 Å². The molecule has 5 nitrogen and oxygen atoms in total. The lowest BCUT2D eigenvalue weighted by atomic mass is 10.1. The van der Waals surface area contributed by atoms with Gasteiger partial charge in [0.05, 0.1) is 20.6 Å². The van der Waals surface area contributed by atoms with Crippen LogP contribution in [0.4, 0.5) is 17.6 Å². The number of alkyl halides is 3. The monoisotopic (exact) mass is 520 g/mol. The summed E-state index contributed by atoms with van der Waals surface area (Å²) in [7, 11) is 0. The third-order valence-electron chi connectivity index (χ3n) is 4.65. The molecule has 3 aromatic rings. The predicted molar refractivity (Wildman–Crippen MR) is 110 cm³/mol. The summed E-state index contributed by atoms with van der Waals surface area (Å²) >= 11 is 8.83. The second kappa shape index (κ2) is 8.51. The summed E-state index contributed by atoms with van der Waals surface area (Å²) < 4.78 is 55.8. The van der Waals surface area contributed by atoms with Crippen LogP contribution >= 0.6 is 27.5 Å². The fourth-order valence-electron chi connectivity index (χ4n) is 3.23. The lowest BCUT2D eigenvalue weighted by Gasteiger charge is -2.22. The average molecular weight is 522 g/mol. The maximum absolute atomic E-state index is 13.7. The number of nitrogens with one attached hydrogen (secondary N) is 1. The molecule has 11 heteroatoms. The summed E-state index contributed by atoms with van der Waals surface area (Å²) in [4.78, 5) is 24.1. The van der Waals surface area contributed by atoms with Gasteiger partial charge < -0.3 is 15.0 Å². The topological polar surface area (TPSA) is 71.3 Å². The maximum atomic E-state index is 13.7. The van der Waals surface area contributed by atoms with Gasteiger partial charge in [0.25, 0.3) is 5.91 Å². The Hall–Kier alpha value is -2.59. The largest absolute Gasteiger partial charge is 0.478 e. The molecular weight excluding hydrogens is 508 g/mol. The normalized spacial score (nSPS) is 12.7. The van der Waals surface area contributed by atoms with E-state index < -0.39 is 29.9 Å². The first kappa shape index (κ1) is 23.1. The molecule has 1 heterocycles. The zero-order valence-corrected chi connectivity index (χ0v) is 18.1. The van der Waals surface area contributed by atoms with E-state index in [0.717, 1.165) is 18.2 Å². The number of hydrogen-bond acceptors (Lipinski definition) is 2. The van der Waals surface area contributed by atoms with Gasteiger partial charge in [-0.2, -0.15) is 13.2 Å². The van der Waals surface area contributed by atoms with Crippen LogP contribution in [0.25, 0.3) is 10.9 Å². The smallest absolute Gasteiger partial charge is 0.412 e. The van der Waals surface area contributed by atoms with Crippen molar-refractivity contribution in [2.45, 2.75) is 25.7 Å². The molecular formula is C20H14BrClF4N2O3. The summed E-state index contributed by atoms with van der Waals surface area (Å²) in [5.41, 5.74) is -0.259. The van der Waals surface area contributed by atoms with Gasteiger partial charge in [0.15, 0.2) is 6.04 Å². The number of carboxylic acid groups (broad SMARTS) is 1. The number of carboxylic acids is 1. The van der Waals surface area contributed by atoms with Crippen LogP contribution in [0.3, 0.4) is 0 Å². The molecule has 0 radical (unpaired) electrons. The van der Waals surface area contributed by atoms with Crippen LogP contribution in [0.2, 0.25) is 5.02 Å². The highest BCUT2D eigenvalue weighted by Crippen LogP contribution is 2.35. The minimum absolute atomic E-state index is 0.0657. The van der Waals surface area contributed by atoms with E-state index in [9.17, 15) is 32.3 Å². The molecule has 2 aromatic carbocycles. The molecule has 2 N–H and O–H groups in total. The van der Waals surface area contributed by atoms with Gasteiger partial charge in [0.1, 0.15) is 11.5 Å². The van der Waals surface area contributed by atoms with Crippen LogP contribution in [-0.2, 0) is 6.54 Å². The molecule has 0 spiro atoms. The maximum Gasteiger partial charge on any atom is 0.412 e. The summed E-state index contributed by atoms with van der Waals surface area (Å²) in [6, 6.07) is 4.25. The van der Waals surface area contributed by atoms with E-state index in [0.29, 0.717) is 10.9 Å². The molecule has 1 atom stereocenters. The number of carbonyl (C=O) groups excluding carboxylic acids is 1. The van der Waals surface area contributed by atoms with Crippen LogP contribution in [-0.4, -0.2) is 27.7 Å². The molecule has 0 aliphatic carbocycles. The molecule has 164 valence electrons. The van der Waals surface area contributed by atoms with Gasteiger partial charge in [-0.15, -0.1) is 0 Å². The summed E-state index contributed by atoms with van der Waals surface area (Å²) in [6.07, 6.45) is -4.85. The van der Waals surface area contributed by atoms with Gasteiger partial charge in [-0.05, 0) is 58.7 Å². The minimum Gasteiger partial charge on any atom is -0.478 e. The first-order chi connectivity index (χ1) is 14.4. The zero-order valence-electron chi connectivity index (χ0n) is 15.7. The lowest BCUT2D eigenvalue weighted by Crippen LogP contribution is -2.38. The van der Waals surface area contributed by atoms with Crippen molar-refractivity contribution in [3.63, 3.8) is 0 Å². The second-order valence-corrected chi connectivity index (χ2v) is 7.85. The molecule has 0 aliphatic rings. The van der Waals surface area contributed by atoms with Crippen LogP contribution in [0.5, 0.6) is 0 Å². The van der Waals surface area contributed by atoms with Crippen LogP contribution < -0.4 is 5.32 Å². The molecule has 3 rings (SSSR count). The van der Waals surface area contributed by atoms with Crippen molar-refractivity contribution in [3.05, 3.63) is 68.5 Å². The Balaban J connectivity index is 2.05. The van der Waals surface area contributed by atoms with Gasteiger partial charge in [0, 0.05) is 11.9 Å². The summed E-state index contributed by atoms with van der Waals surface area (Å²) in [5.74, 6) is -3.05. The number of aryl methyl sites for hydroxylation is 1. The number of aromatic carboxylic acids is 1. The Kier molecular flexibility index (Phi) is 6.33. The number of nitrogens with zero attached hydrogens (tertiary/aromatic N) is 1. The average Bonchev–Trinajstić information content (AvgIpc) is 3.04. The zero-order chi connectivity index (χ0) is 23.1. The molecule has 0 fully saturated rings. The molecule has 1 amide bonds. The third kappa shape index (κ3) is 4.54. The lowest BCUT2D eigenvalue weighted by molar-refractivity contribution is -0.155. The highest BCUT2D eigenvalue weighted by molar-refractivity contribution is 9.10. The molecule has 1 unspecified atom stereocenters. The number of amides is 1. The van der Waals surface area contributed by atoms with Crippen molar-refractivity contribution >= 4 is 50.3 Å². The fraction of sp³-hybridized carbons (Fsp3) is 0.200. The molecule has 0 saturated heterocycles. The number of halogens is 6.